The largest absolute Gasteiger partial charge is 0.315 e. The number of nitrogens with zero attached hydrogens (tertiary/aromatic N) is 1. The van der Waals surface area contributed by atoms with Crippen LogP contribution in [-0.4, -0.2) is 17.6 Å². The van der Waals surface area contributed by atoms with Crippen LogP contribution in [0.2, 0.25) is 0 Å². The van der Waals surface area contributed by atoms with Crippen molar-refractivity contribution >= 4 is 11.3 Å². The predicted molar refractivity (Wildman–Crippen MR) is 58.2 cm³/mol. The number of hydrogen-bond donors (Lipinski definition) is 1. The third kappa shape index (κ3) is 5.01. The Morgan fingerprint density at radius 1 is 1.46 bits per heavy atom. The number of unbranched alkanes of at least 4 members (excludes halogenated alkanes) is 1. The monoisotopic (exact) mass is 198 g/mol. The Balaban J connectivity index is 1.96. The summed E-state index contributed by atoms with van der Waals surface area (Å²) in [7, 11) is 0. The van der Waals surface area contributed by atoms with E-state index in [1.165, 1.54) is 24.1 Å². The molecule has 0 unspecified atom stereocenters. The van der Waals surface area contributed by atoms with Gasteiger partial charge in [-0.25, -0.2) is 0 Å². The van der Waals surface area contributed by atoms with Crippen LogP contribution in [0, 0.1) is 0 Å². The maximum absolute atomic E-state index is 4.05. The van der Waals surface area contributed by atoms with Crippen molar-refractivity contribution in [2.45, 2.75) is 39.2 Å². The van der Waals surface area contributed by atoms with Crippen LogP contribution in [0.4, 0.5) is 0 Å². The molecule has 0 saturated heterocycles. The Kier molecular flexibility index (Phi) is 5.01. The van der Waals surface area contributed by atoms with E-state index in [0.717, 1.165) is 6.54 Å². The Hall–Kier alpha value is -0.410. The first-order chi connectivity index (χ1) is 6.29. The molecule has 0 amide bonds. The van der Waals surface area contributed by atoms with Gasteiger partial charge in [-0.15, -0.1) is 11.3 Å². The summed E-state index contributed by atoms with van der Waals surface area (Å²) in [5.74, 6) is 0. The highest BCUT2D eigenvalue weighted by atomic mass is 32.1. The van der Waals surface area contributed by atoms with Crippen LogP contribution in [0.5, 0.6) is 0 Å². The third-order valence-electron chi connectivity index (χ3n) is 1.89. The van der Waals surface area contributed by atoms with Gasteiger partial charge in [-0.3, -0.25) is 4.98 Å². The quantitative estimate of drug-likeness (QED) is 0.710. The average molecular weight is 198 g/mol. The minimum atomic E-state index is 0.614. The van der Waals surface area contributed by atoms with E-state index in [2.05, 4.69) is 24.1 Å². The lowest BCUT2D eigenvalue weighted by atomic mass is 10.2. The summed E-state index contributed by atoms with van der Waals surface area (Å²) >= 11 is 1.76. The molecule has 1 rings (SSSR count). The Labute approximate surface area is 84.4 Å². The molecule has 0 spiro atoms. The predicted octanol–water partition coefficient (Wildman–Crippen LogP) is 2.46. The molecule has 1 aromatic rings. The van der Waals surface area contributed by atoms with Crippen molar-refractivity contribution < 1.29 is 0 Å². The number of nitrogens with one attached hydrogen (secondary N) is 1. The van der Waals surface area contributed by atoms with Crippen molar-refractivity contribution in [1.82, 2.24) is 10.3 Å². The Bertz CT molecular complexity index is 207. The molecule has 1 N–H and O–H groups in total. The minimum absolute atomic E-state index is 0.614. The van der Waals surface area contributed by atoms with Crippen LogP contribution in [-0.2, 0) is 6.42 Å². The van der Waals surface area contributed by atoms with Gasteiger partial charge in [0.1, 0.15) is 0 Å². The first-order valence-electron chi connectivity index (χ1n) is 4.90. The molecule has 3 heteroatoms. The third-order valence-corrected chi connectivity index (χ3v) is 2.73. The van der Waals surface area contributed by atoms with Crippen molar-refractivity contribution in [3.8, 4) is 0 Å². The van der Waals surface area contributed by atoms with Crippen LogP contribution in [0.15, 0.2) is 11.7 Å². The minimum Gasteiger partial charge on any atom is -0.315 e. The van der Waals surface area contributed by atoms with Crippen LogP contribution in [0.3, 0.4) is 0 Å². The fourth-order valence-electron chi connectivity index (χ4n) is 1.18. The molecule has 0 aliphatic heterocycles. The van der Waals surface area contributed by atoms with Crippen LogP contribution >= 0.6 is 11.3 Å². The van der Waals surface area contributed by atoms with Gasteiger partial charge in [-0.2, -0.15) is 0 Å². The molecule has 74 valence electrons. The van der Waals surface area contributed by atoms with Crippen molar-refractivity contribution in [1.29, 1.82) is 0 Å². The first-order valence-corrected chi connectivity index (χ1v) is 5.78. The Morgan fingerprint density at radius 2 is 2.31 bits per heavy atom. The summed E-state index contributed by atoms with van der Waals surface area (Å²) in [5, 5.41) is 3.41. The summed E-state index contributed by atoms with van der Waals surface area (Å²) in [5.41, 5.74) is 1.90. The molecule has 0 saturated carbocycles. The maximum Gasteiger partial charge on any atom is 0.0794 e. The molecule has 13 heavy (non-hydrogen) atoms. The molecule has 1 aromatic heterocycles. The van der Waals surface area contributed by atoms with Gasteiger partial charge in [0.25, 0.3) is 0 Å². The van der Waals surface area contributed by atoms with E-state index in [9.17, 15) is 0 Å². The summed E-state index contributed by atoms with van der Waals surface area (Å²) in [6.07, 6.45) is 5.68. The zero-order valence-electron chi connectivity index (χ0n) is 8.42. The summed E-state index contributed by atoms with van der Waals surface area (Å²) in [6, 6.07) is 0.614. The summed E-state index contributed by atoms with van der Waals surface area (Å²) in [6.45, 7) is 5.50. The standard InChI is InChI=1S/C10H18N2S/c1-9(2)12-6-4-3-5-10-7-11-8-13-10/h7-9,12H,3-6H2,1-2H3. The summed E-state index contributed by atoms with van der Waals surface area (Å²) in [4.78, 5) is 5.46. The van der Waals surface area contributed by atoms with Crippen LogP contribution < -0.4 is 5.32 Å². The number of aromatic nitrogens is 1. The lowest BCUT2D eigenvalue weighted by molar-refractivity contribution is 0.558. The van der Waals surface area contributed by atoms with E-state index < -0.39 is 0 Å². The number of aryl methyl sites for hydroxylation is 1. The smallest absolute Gasteiger partial charge is 0.0794 e. The van der Waals surface area contributed by atoms with Gasteiger partial charge >= 0.3 is 0 Å². The van der Waals surface area contributed by atoms with Crippen molar-refractivity contribution in [2.75, 3.05) is 6.54 Å². The highest BCUT2D eigenvalue weighted by molar-refractivity contribution is 7.09. The first kappa shape index (κ1) is 10.7. The number of thiazole rings is 1. The van der Waals surface area contributed by atoms with Gasteiger partial charge in [0.05, 0.1) is 5.51 Å². The van der Waals surface area contributed by atoms with Gasteiger partial charge in [0.15, 0.2) is 0 Å². The van der Waals surface area contributed by atoms with Gasteiger partial charge in [-0.05, 0) is 25.8 Å². The van der Waals surface area contributed by atoms with E-state index >= 15 is 0 Å². The van der Waals surface area contributed by atoms with E-state index in [0.29, 0.717) is 6.04 Å². The topological polar surface area (TPSA) is 24.9 Å². The van der Waals surface area contributed by atoms with Gasteiger partial charge in [0.2, 0.25) is 0 Å². The highest BCUT2D eigenvalue weighted by Gasteiger charge is 1.95. The molecule has 1 heterocycles. The molecular weight excluding hydrogens is 180 g/mol. The molecule has 0 aliphatic rings. The molecule has 0 aliphatic carbocycles. The SMILES string of the molecule is CC(C)NCCCCc1cncs1. The van der Waals surface area contributed by atoms with Crippen molar-refractivity contribution in [3.05, 3.63) is 16.6 Å². The molecular formula is C10H18N2S. The highest BCUT2D eigenvalue weighted by Crippen LogP contribution is 2.09. The van der Waals surface area contributed by atoms with Gasteiger partial charge in [-0.1, -0.05) is 13.8 Å². The molecule has 0 fully saturated rings. The van der Waals surface area contributed by atoms with E-state index in [4.69, 9.17) is 0 Å². The van der Waals surface area contributed by atoms with E-state index in [1.807, 2.05) is 11.7 Å². The number of hydrogen-bond acceptors (Lipinski definition) is 3. The van der Waals surface area contributed by atoms with Gasteiger partial charge in [0, 0.05) is 17.1 Å². The zero-order valence-corrected chi connectivity index (χ0v) is 9.23. The fourth-order valence-corrected chi connectivity index (χ4v) is 1.82. The molecule has 0 aromatic carbocycles. The van der Waals surface area contributed by atoms with Gasteiger partial charge < -0.3 is 5.32 Å². The molecule has 2 nitrogen and oxygen atoms in total. The molecule has 0 bridgehead atoms. The zero-order chi connectivity index (χ0) is 9.52. The Morgan fingerprint density at radius 3 is 2.92 bits per heavy atom. The lowest BCUT2D eigenvalue weighted by Gasteiger charge is -2.06. The second kappa shape index (κ2) is 6.11. The number of rotatable bonds is 6. The fraction of sp³-hybridized carbons (Fsp3) is 0.700. The molecule has 0 atom stereocenters. The normalized spacial score (nSPS) is 11.0. The second-order valence-corrected chi connectivity index (χ2v) is 4.50. The van der Waals surface area contributed by atoms with E-state index in [1.54, 1.807) is 11.3 Å². The second-order valence-electron chi connectivity index (χ2n) is 3.53. The maximum atomic E-state index is 4.05. The molecule has 0 radical (unpaired) electrons. The van der Waals surface area contributed by atoms with Crippen molar-refractivity contribution in [2.24, 2.45) is 0 Å². The van der Waals surface area contributed by atoms with Crippen LogP contribution in [0.25, 0.3) is 0 Å². The summed E-state index contributed by atoms with van der Waals surface area (Å²) < 4.78 is 0. The van der Waals surface area contributed by atoms with Crippen LogP contribution in [0.1, 0.15) is 31.6 Å². The lowest BCUT2D eigenvalue weighted by Crippen LogP contribution is -2.23. The average Bonchev–Trinajstić information content (AvgIpc) is 2.55. The van der Waals surface area contributed by atoms with E-state index in [-0.39, 0.29) is 0 Å². The van der Waals surface area contributed by atoms with Crippen molar-refractivity contribution in [3.63, 3.8) is 0 Å².